The molecule has 136 valence electrons. The lowest BCUT2D eigenvalue weighted by atomic mass is 9.98. The Bertz CT molecular complexity index is 664. The summed E-state index contributed by atoms with van der Waals surface area (Å²) in [5.41, 5.74) is 1.27. The molecule has 1 aromatic heterocycles. The molecule has 8 heteroatoms. The molecule has 1 saturated heterocycles. The molecule has 0 unspecified atom stereocenters. The largest absolute Gasteiger partial charge is 0.358 e. The normalized spacial score (nSPS) is 23.2. The number of pyridine rings is 1. The van der Waals surface area contributed by atoms with E-state index in [1.807, 2.05) is 13.0 Å². The minimum Gasteiger partial charge on any atom is -0.358 e. The molecule has 0 spiro atoms. The van der Waals surface area contributed by atoms with Crippen molar-refractivity contribution in [2.75, 3.05) is 19.7 Å². The van der Waals surface area contributed by atoms with Crippen molar-refractivity contribution in [1.29, 1.82) is 0 Å². The van der Waals surface area contributed by atoms with Gasteiger partial charge < -0.3 is 14.5 Å². The maximum atomic E-state index is 11.7. The predicted octanol–water partition coefficient (Wildman–Crippen LogP) is 3.09. The first kappa shape index (κ1) is 17.9. The van der Waals surface area contributed by atoms with Gasteiger partial charge in [-0.1, -0.05) is 31.5 Å². The van der Waals surface area contributed by atoms with E-state index in [-0.39, 0.29) is 22.8 Å². The second-order valence-electron chi connectivity index (χ2n) is 6.53. The number of allylic oxidation sites excluding steroid dienone is 1. The van der Waals surface area contributed by atoms with Gasteiger partial charge in [-0.2, -0.15) is 0 Å². The van der Waals surface area contributed by atoms with Crippen LogP contribution in [0.15, 0.2) is 29.8 Å². The van der Waals surface area contributed by atoms with Crippen LogP contribution in [0.25, 0.3) is 0 Å². The zero-order chi connectivity index (χ0) is 18.0. The van der Waals surface area contributed by atoms with Gasteiger partial charge in [-0.3, -0.25) is 10.1 Å². The molecular formula is C17H23ClN4O3. The van der Waals surface area contributed by atoms with Crippen LogP contribution in [0.5, 0.6) is 0 Å². The Morgan fingerprint density at radius 3 is 2.88 bits per heavy atom. The van der Waals surface area contributed by atoms with Crippen molar-refractivity contribution in [3.05, 3.63) is 50.7 Å². The quantitative estimate of drug-likeness (QED) is 0.437. The van der Waals surface area contributed by atoms with Gasteiger partial charge in [0.05, 0.1) is 10.8 Å². The van der Waals surface area contributed by atoms with Crippen molar-refractivity contribution in [2.45, 2.75) is 39.5 Å². The van der Waals surface area contributed by atoms with Crippen molar-refractivity contribution in [1.82, 2.24) is 14.8 Å². The minimum atomic E-state index is -0.235. The Kier molecular flexibility index (Phi) is 5.44. The summed E-state index contributed by atoms with van der Waals surface area (Å²) in [7, 11) is 0. The van der Waals surface area contributed by atoms with Crippen molar-refractivity contribution in [3.63, 3.8) is 0 Å². The number of halogens is 1. The summed E-state index contributed by atoms with van der Waals surface area (Å²) in [6.07, 6.45) is 3.20. The fraction of sp³-hybridized carbons (Fsp3) is 0.588. The van der Waals surface area contributed by atoms with Crippen LogP contribution >= 0.6 is 11.6 Å². The van der Waals surface area contributed by atoms with Crippen LogP contribution in [0.4, 0.5) is 0 Å². The number of ether oxygens (including phenoxy) is 1. The molecule has 2 atom stereocenters. The molecule has 0 aromatic carbocycles. The third-order valence-electron chi connectivity index (χ3n) is 4.65. The Morgan fingerprint density at radius 1 is 1.44 bits per heavy atom. The predicted molar refractivity (Wildman–Crippen MR) is 94.2 cm³/mol. The van der Waals surface area contributed by atoms with Gasteiger partial charge >= 0.3 is 0 Å². The molecule has 0 amide bonds. The maximum absolute atomic E-state index is 11.7. The van der Waals surface area contributed by atoms with Crippen LogP contribution in [0.2, 0.25) is 5.15 Å². The van der Waals surface area contributed by atoms with Gasteiger partial charge in [0.25, 0.3) is 5.70 Å². The van der Waals surface area contributed by atoms with Gasteiger partial charge in [-0.05, 0) is 18.1 Å². The number of nitro groups is 1. The van der Waals surface area contributed by atoms with E-state index in [9.17, 15) is 10.1 Å². The van der Waals surface area contributed by atoms with Crippen molar-refractivity contribution < 1.29 is 9.66 Å². The molecule has 2 aliphatic rings. The number of fused-ring (bicyclic) bond motifs is 1. The number of rotatable bonds is 6. The standard InChI is InChI=1S/C17H23ClN4O3/c1-3-8-25-15-9-12(2)16(22(23)24)17-20(6-7-21(15)17)11-13-4-5-14(18)19-10-13/h4-5,10,12,15H,3,6-9,11H2,1-2H3/t12-,15+/m0/s1. The third-order valence-corrected chi connectivity index (χ3v) is 4.88. The first-order chi connectivity index (χ1) is 12.0. The molecule has 2 aliphatic heterocycles. The average molecular weight is 367 g/mol. The average Bonchev–Trinajstić information content (AvgIpc) is 2.98. The lowest BCUT2D eigenvalue weighted by Gasteiger charge is -2.37. The van der Waals surface area contributed by atoms with Crippen LogP contribution in [-0.4, -0.2) is 45.6 Å². The van der Waals surface area contributed by atoms with Gasteiger partial charge in [0.15, 0.2) is 5.82 Å². The minimum absolute atomic E-state index is 0.0954. The third kappa shape index (κ3) is 3.72. The summed E-state index contributed by atoms with van der Waals surface area (Å²) in [6.45, 7) is 6.67. The maximum Gasteiger partial charge on any atom is 0.289 e. The van der Waals surface area contributed by atoms with E-state index in [0.29, 0.717) is 30.5 Å². The summed E-state index contributed by atoms with van der Waals surface area (Å²) >= 11 is 5.84. The van der Waals surface area contributed by atoms with E-state index in [1.165, 1.54) is 0 Å². The zero-order valence-electron chi connectivity index (χ0n) is 14.5. The number of hydrogen-bond donors (Lipinski definition) is 0. The van der Waals surface area contributed by atoms with Crippen LogP contribution in [0.3, 0.4) is 0 Å². The van der Waals surface area contributed by atoms with Crippen molar-refractivity contribution >= 4 is 11.6 Å². The van der Waals surface area contributed by atoms with Gasteiger partial charge in [0.2, 0.25) is 0 Å². The Balaban J connectivity index is 1.89. The number of nitrogens with zero attached hydrogens (tertiary/aromatic N) is 4. The van der Waals surface area contributed by atoms with Crippen molar-refractivity contribution in [2.24, 2.45) is 5.92 Å². The molecule has 3 rings (SSSR count). The highest BCUT2D eigenvalue weighted by Gasteiger charge is 2.45. The zero-order valence-corrected chi connectivity index (χ0v) is 15.3. The van der Waals surface area contributed by atoms with E-state index < -0.39 is 0 Å². The van der Waals surface area contributed by atoms with Crippen LogP contribution < -0.4 is 0 Å². The van der Waals surface area contributed by atoms with E-state index in [1.54, 1.807) is 12.3 Å². The molecule has 0 aliphatic carbocycles. The van der Waals surface area contributed by atoms with Crippen LogP contribution in [0.1, 0.15) is 32.3 Å². The first-order valence-electron chi connectivity index (χ1n) is 8.63. The molecule has 0 saturated carbocycles. The first-order valence-corrected chi connectivity index (χ1v) is 9.01. The molecule has 1 fully saturated rings. The lowest BCUT2D eigenvalue weighted by Crippen LogP contribution is -2.43. The highest BCUT2D eigenvalue weighted by Crippen LogP contribution is 2.37. The van der Waals surface area contributed by atoms with Gasteiger partial charge in [0.1, 0.15) is 11.4 Å². The fourth-order valence-electron chi connectivity index (χ4n) is 3.52. The fourth-order valence-corrected chi connectivity index (χ4v) is 3.63. The Morgan fingerprint density at radius 2 is 2.24 bits per heavy atom. The van der Waals surface area contributed by atoms with Gasteiger partial charge in [0, 0.05) is 38.9 Å². The molecule has 3 heterocycles. The van der Waals surface area contributed by atoms with E-state index in [2.05, 4.69) is 21.7 Å². The van der Waals surface area contributed by atoms with Gasteiger partial charge in [-0.25, -0.2) is 4.98 Å². The van der Waals surface area contributed by atoms with E-state index in [4.69, 9.17) is 16.3 Å². The molecule has 0 N–H and O–H groups in total. The van der Waals surface area contributed by atoms with E-state index >= 15 is 0 Å². The van der Waals surface area contributed by atoms with Gasteiger partial charge in [-0.15, -0.1) is 0 Å². The number of aromatic nitrogens is 1. The van der Waals surface area contributed by atoms with Crippen molar-refractivity contribution in [3.8, 4) is 0 Å². The summed E-state index contributed by atoms with van der Waals surface area (Å²) < 4.78 is 5.97. The lowest BCUT2D eigenvalue weighted by molar-refractivity contribution is -0.439. The Hall–Kier alpha value is -1.86. The monoisotopic (exact) mass is 366 g/mol. The number of hydrogen-bond acceptors (Lipinski definition) is 6. The van der Waals surface area contributed by atoms with E-state index in [0.717, 1.165) is 25.1 Å². The highest BCUT2D eigenvalue weighted by molar-refractivity contribution is 6.29. The second kappa shape index (κ2) is 7.58. The van der Waals surface area contributed by atoms with Crippen LogP contribution in [-0.2, 0) is 11.3 Å². The topological polar surface area (TPSA) is 71.7 Å². The van der Waals surface area contributed by atoms with Crippen LogP contribution in [0, 0.1) is 16.0 Å². The highest BCUT2D eigenvalue weighted by atomic mass is 35.5. The molecular weight excluding hydrogens is 344 g/mol. The summed E-state index contributed by atoms with van der Waals surface area (Å²) in [6, 6.07) is 3.64. The summed E-state index contributed by atoms with van der Waals surface area (Å²) in [5.74, 6) is 0.548. The molecule has 7 nitrogen and oxygen atoms in total. The molecule has 0 radical (unpaired) electrons. The molecule has 1 aromatic rings. The second-order valence-corrected chi connectivity index (χ2v) is 6.92. The summed E-state index contributed by atoms with van der Waals surface area (Å²) in [5, 5.41) is 12.1. The SMILES string of the molecule is CCCO[C@@H]1C[C@H](C)C([N+](=O)[O-])=C2N(Cc3ccc(Cl)nc3)CCN21. The molecule has 25 heavy (non-hydrogen) atoms. The Labute approximate surface area is 152 Å². The molecule has 0 bridgehead atoms. The smallest absolute Gasteiger partial charge is 0.289 e. The summed E-state index contributed by atoms with van der Waals surface area (Å²) in [4.78, 5) is 19.7.